The second-order valence-electron chi connectivity index (χ2n) is 7.15. The van der Waals surface area contributed by atoms with Crippen molar-refractivity contribution in [3.05, 3.63) is 23.8 Å². The molecule has 0 unspecified atom stereocenters. The molecule has 0 saturated carbocycles. The molecule has 0 bridgehead atoms. The summed E-state index contributed by atoms with van der Waals surface area (Å²) in [5.74, 6) is 0.780. The number of hydrogen-bond acceptors (Lipinski definition) is 4. The highest BCUT2D eigenvalue weighted by molar-refractivity contribution is 7.89. The molecular weight excluding hydrogens is 314 g/mol. The van der Waals surface area contributed by atoms with E-state index in [-0.39, 0.29) is 16.4 Å². The van der Waals surface area contributed by atoms with Crippen molar-refractivity contribution in [2.24, 2.45) is 5.92 Å². The van der Waals surface area contributed by atoms with Gasteiger partial charge in [-0.1, -0.05) is 12.1 Å². The fraction of sp³-hybridized carbons (Fsp3) is 0.647. The number of nitrogens with zero attached hydrogens (tertiary/aromatic N) is 1. The standard InChI is InChI=1S/C17H25NO4S/c1-17(2)10-14-7-4-8-15(16(14)22-17)23(19,20)18(3)11-13-6-5-9-21-12-13/h4,7-8,13H,5-6,9-12H2,1-3H3/t13-/m0/s1. The Morgan fingerprint density at radius 2 is 2.13 bits per heavy atom. The third kappa shape index (κ3) is 3.39. The first-order chi connectivity index (χ1) is 10.8. The van der Waals surface area contributed by atoms with Crippen molar-refractivity contribution >= 4 is 10.0 Å². The first kappa shape index (κ1) is 16.7. The molecule has 0 amide bonds. The minimum absolute atomic E-state index is 0.262. The Hall–Kier alpha value is -1.11. The van der Waals surface area contributed by atoms with E-state index in [1.54, 1.807) is 19.2 Å². The van der Waals surface area contributed by atoms with E-state index in [1.807, 2.05) is 19.9 Å². The number of sulfonamides is 1. The zero-order valence-electron chi connectivity index (χ0n) is 14.0. The predicted octanol–water partition coefficient (Wildman–Crippen LogP) is 2.45. The number of rotatable bonds is 4. The van der Waals surface area contributed by atoms with Gasteiger partial charge in [0.1, 0.15) is 16.2 Å². The van der Waals surface area contributed by atoms with Gasteiger partial charge in [0, 0.05) is 26.6 Å². The van der Waals surface area contributed by atoms with Gasteiger partial charge >= 0.3 is 0 Å². The van der Waals surface area contributed by atoms with Crippen molar-refractivity contribution in [2.75, 3.05) is 26.8 Å². The van der Waals surface area contributed by atoms with Crippen LogP contribution < -0.4 is 4.74 Å². The zero-order valence-corrected chi connectivity index (χ0v) is 14.9. The Morgan fingerprint density at radius 1 is 1.35 bits per heavy atom. The van der Waals surface area contributed by atoms with Crippen LogP contribution in [-0.2, 0) is 21.2 Å². The first-order valence-corrected chi connectivity index (χ1v) is 9.59. The average molecular weight is 339 g/mol. The molecule has 1 saturated heterocycles. The minimum Gasteiger partial charge on any atom is -0.486 e. The van der Waals surface area contributed by atoms with Crippen LogP contribution in [-0.4, -0.2) is 45.1 Å². The molecule has 0 aliphatic carbocycles. The van der Waals surface area contributed by atoms with Crippen molar-refractivity contribution in [2.45, 2.75) is 43.6 Å². The van der Waals surface area contributed by atoms with Gasteiger partial charge < -0.3 is 9.47 Å². The number of benzene rings is 1. The van der Waals surface area contributed by atoms with Crippen molar-refractivity contribution in [3.8, 4) is 5.75 Å². The Morgan fingerprint density at radius 3 is 2.83 bits per heavy atom. The quantitative estimate of drug-likeness (QED) is 0.845. The van der Waals surface area contributed by atoms with Gasteiger partial charge in [0.05, 0.1) is 6.61 Å². The molecule has 5 nitrogen and oxygen atoms in total. The fourth-order valence-electron chi connectivity index (χ4n) is 3.37. The Bertz CT molecular complexity index is 678. The lowest BCUT2D eigenvalue weighted by Crippen LogP contribution is -2.35. The van der Waals surface area contributed by atoms with Gasteiger partial charge in [0.2, 0.25) is 10.0 Å². The highest BCUT2D eigenvalue weighted by Gasteiger charge is 2.36. The highest BCUT2D eigenvalue weighted by atomic mass is 32.2. The zero-order chi connectivity index (χ0) is 16.7. The van der Waals surface area contributed by atoms with Crippen molar-refractivity contribution in [1.82, 2.24) is 4.31 Å². The van der Waals surface area contributed by atoms with Crippen LogP contribution in [0.5, 0.6) is 5.75 Å². The first-order valence-electron chi connectivity index (χ1n) is 8.14. The van der Waals surface area contributed by atoms with Crippen molar-refractivity contribution in [1.29, 1.82) is 0 Å². The molecule has 2 aliphatic rings. The summed E-state index contributed by atoms with van der Waals surface area (Å²) in [4.78, 5) is 0.278. The molecule has 6 heteroatoms. The molecule has 2 heterocycles. The van der Waals surface area contributed by atoms with Crippen LogP contribution in [0.1, 0.15) is 32.3 Å². The Balaban J connectivity index is 1.84. The summed E-state index contributed by atoms with van der Waals surface area (Å²) >= 11 is 0. The summed E-state index contributed by atoms with van der Waals surface area (Å²) in [6.45, 7) is 5.85. The Labute approximate surface area is 138 Å². The van der Waals surface area contributed by atoms with E-state index in [4.69, 9.17) is 9.47 Å². The van der Waals surface area contributed by atoms with Gasteiger partial charge in [-0.15, -0.1) is 0 Å². The van der Waals surface area contributed by atoms with E-state index in [1.165, 1.54) is 4.31 Å². The van der Waals surface area contributed by atoms with Crippen LogP contribution in [0.2, 0.25) is 0 Å². The maximum atomic E-state index is 13.0. The third-order valence-corrected chi connectivity index (χ3v) is 6.36. The van der Waals surface area contributed by atoms with Gasteiger partial charge in [-0.25, -0.2) is 12.7 Å². The van der Waals surface area contributed by atoms with Crippen LogP contribution in [0.25, 0.3) is 0 Å². The molecule has 3 rings (SSSR count). The lowest BCUT2D eigenvalue weighted by atomic mass is 10.0. The molecule has 0 radical (unpaired) electrons. The average Bonchev–Trinajstić information content (AvgIpc) is 2.81. The van der Waals surface area contributed by atoms with Crippen LogP contribution >= 0.6 is 0 Å². The molecule has 2 aliphatic heterocycles. The third-order valence-electron chi connectivity index (χ3n) is 4.51. The number of para-hydroxylation sites is 1. The van der Waals surface area contributed by atoms with Crippen molar-refractivity contribution < 1.29 is 17.9 Å². The number of fused-ring (bicyclic) bond motifs is 1. The van der Waals surface area contributed by atoms with Crippen molar-refractivity contribution in [3.63, 3.8) is 0 Å². The van der Waals surface area contributed by atoms with Gasteiger partial charge in [-0.2, -0.15) is 0 Å². The molecule has 128 valence electrons. The van der Waals surface area contributed by atoms with Crippen LogP contribution in [0.15, 0.2) is 23.1 Å². The highest BCUT2D eigenvalue weighted by Crippen LogP contribution is 2.40. The smallest absolute Gasteiger partial charge is 0.246 e. The normalized spacial score (nSPS) is 23.6. The molecule has 1 aromatic rings. The molecule has 23 heavy (non-hydrogen) atoms. The molecule has 0 aromatic heterocycles. The molecule has 0 N–H and O–H groups in total. The minimum atomic E-state index is -3.56. The molecule has 1 aromatic carbocycles. The van der Waals surface area contributed by atoms with E-state index in [0.717, 1.165) is 31.4 Å². The van der Waals surface area contributed by atoms with Gasteiger partial charge in [-0.05, 0) is 44.2 Å². The summed E-state index contributed by atoms with van der Waals surface area (Å²) in [7, 11) is -1.92. The number of ether oxygens (including phenoxy) is 2. The molecule has 1 atom stereocenters. The lowest BCUT2D eigenvalue weighted by Gasteiger charge is -2.27. The SMILES string of the molecule is CN(C[C@@H]1CCCOC1)S(=O)(=O)c1cccc2c1OC(C)(C)C2. The van der Waals surface area contributed by atoms with E-state index >= 15 is 0 Å². The van der Waals surface area contributed by atoms with E-state index in [9.17, 15) is 8.42 Å². The monoisotopic (exact) mass is 339 g/mol. The summed E-state index contributed by atoms with van der Waals surface area (Å²) in [5, 5.41) is 0. The van der Waals surface area contributed by atoms with E-state index < -0.39 is 10.0 Å². The Kier molecular flexibility index (Phi) is 4.42. The maximum Gasteiger partial charge on any atom is 0.246 e. The summed E-state index contributed by atoms with van der Waals surface area (Å²) in [6, 6.07) is 5.38. The topological polar surface area (TPSA) is 55.8 Å². The molecular formula is C17H25NO4S. The van der Waals surface area contributed by atoms with Crippen LogP contribution in [0, 0.1) is 5.92 Å². The summed E-state index contributed by atoms with van der Waals surface area (Å²) < 4.78 is 38.8. The van der Waals surface area contributed by atoms with Crippen LogP contribution in [0.3, 0.4) is 0 Å². The van der Waals surface area contributed by atoms with E-state index in [2.05, 4.69) is 0 Å². The maximum absolute atomic E-state index is 13.0. The lowest BCUT2D eigenvalue weighted by molar-refractivity contribution is 0.0495. The van der Waals surface area contributed by atoms with Crippen LogP contribution in [0.4, 0.5) is 0 Å². The fourth-order valence-corrected chi connectivity index (χ4v) is 4.77. The largest absolute Gasteiger partial charge is 0.486 e. The molecule has 0 spiro atoms. The van der Waals surface area contributed by atoms with Gasteiger partial charge in [-0.3, -0.25) is 0 Å². The predicted molar refractivity (Wildman–Crippen MR) is 88.2 cm³/mol. The van der Waals surface area contributed by atoms with Gasteiger partial charge in [0.25, 0.3) is 0 Å². The van der Waals surface area contributed by atoms with Gasteiger partial charge in [0.15, 0.2) is 0 Å². The summed E-state index contributed by atoms with van der Waals surface area (Å²) in [6.07, 6.45) is 2.73. The number of hydrogen-bond donors (Lipinski definition) is 0. The molecule has 1 fully saturated rings. The summed E-state index contributed by atoms with van der Waals surface area (Å²) in [5.41, 5.74) is 0.606. The second-order valence-corrected chi connectivity index (χ2v) is 9.16. The van der Waals surface area contributed by atoms with E-state index in [0.29, 0.717) is 18.9 Å². The second kappa shape index (κ2) is 6.07.